The number of hydrogen-bond donors (Lipinski definition) is 0. The normalized spacial score (nSPS) is 16.2. The average molecular weight is 653 g/mol. The van der Waals surface area contributed by atoms with Crippen molar-refractivity contribution in [3.05, 3.63) is 111 Å². The first-order valence-electron chi connectivity index (χ1n) is 11.8. The number of rotatable bonds is 5. The Kier molecular flexibility index (Phi) is 8.06. The van der Waals surface area contributed by atoms with E-state index in [-0.39, 0.29) is 21.1 Å². The maximum atomic E-state index is 14.1. The van der Waals surface area contributed by atoms with Gasteiger partial charge in [0, 0.05) is 17.6 Å². The topological polar surface area (TPSA) is 120 Å². The predicted molar refractivity (Wildman–Crippen MR) is 146 cm³/mol. The molecule has 1 aliphatic heterocycles. The molecule has 3 aromatic carbocycles. The smallest absolute Gasteiger partial charge is 0.277 e. The molecule has 0 spiro atoms. The van der Waals surface area contributed by atoms with Crippen LogP contribution in [0.15, 0.2) is 81.8 Å². The first-order chi connectivity index (χ1) is 19.9. The Morgan fingerprint density at radius 2 is 1.72 bits per heavy atom. The number of amides is 2. The van der Waals surface area contributed by atoms with E-state index in [1.165, 1.54) is 6.92 Å². The lowest BCUT2D eigenvalue weighted by Crippen LogP contribution is -2.52. The van der Waals surface area contributed by atoms with Gasteiger partial charge < -0.3 is 0 Å². The zero-order valence-corrected chi connectivity index (χ0v) is 24.3. The zero-order valence-electron chi connectivity index (χ0n) is 21.9. The van der Waals surface area contributed by atoms with Crippen molar-refractivity contribution >= 4 is 43.2 Å². The van der Waals surface area contributed by atoms with Gasteiger partial charge in [-0.1, -0.05) is 23.7 Å². The van der Waals surface area contributed by atoms with Crippen LogP contribution in [0, 0.1) is 23.7 Å². The highest BCUT2D eigenvalue weighted by Gasteiger charge is 2.48. The number of sulfone groups is 1. The van der Waals surface area contributed by atoms with Crippen molar-refractivity contribution < 1.29 is 39.2 Å². The quantitative estimate of drug-likeness (QED) is 0.236. The van der Waals surface area contributed by atoms with E-state index < -0.39 is 75.7 Å². The largest absolute Gasteiger partial charge is 0.416 e. The first-order valence-corrected chi connectivity index (χ1v) is 15.5. The van der Waals surface area contributed by atoms with Gasteiger partial charge in [0.25, 0.3) is 10.0 Å². The molecule has 4 rings (SSSR count). The number of halogens is 5. The highest BCUT2D eigenvalue weighted by atomic mass is 35.5. The number of nitriles is 1. The number of hydrogen-bond acceptors (Lipinski definition) is 6. The van der Waals surface area contributed by atoms with Crippen LogP contribution in [0.1, 0.15) is 29.7 Å². The van der Waals surface area contributed by atoms with Crippen LogP contribution < -0.4 is 4.90 Å². The summed E-state index contributed by atoms with van der Waals surface area (Å²) in [5.41, 5.74) is -2.98. The second-order valence-corrected chi connectivity index (χ2v) is 13.4. The number of carbonyl (C=O) groups excluding carboxylic acids is 1. The summed E-state index contributed by atoms with van der Waals surface area (Å²) >= 11 is 5.80. The highest BCUT2D eigenvalue weighted by Crippen LogP contribution is 2.45. The number of alkyl halides is 3. The monoisotopic (exact) mass is 652 g/mol. The zero-order chi connectivity index (χ0) is 32.1. The van der Waals surface area contributed by atoms with Gasteiger partial charge in [-0.3, -0.25) is 4.90 Å². The summed E-state index contributed by atoms with van der Waals surface area (Å²) in [5, 5.41) is 8.69. The van der Waals surface area contributed by atoms with Gasteiger partial charge in [0.2, 0.25) is 5.70 Å². The number of allylic oxidation sites excluding steroid dienone is 1. The molecule has 0 N–H and O–H groups in total. The van der Waals surface area contributed by atoms with Gasteiger partial charge >= 0.3 is 12.2 Å². The Balaban J connectivity index is 2.12. The van der Waals surface area contributed by atoms with Gasteiger partial charge in [0.05, 0.1) is 38.6 Å². The van der Waals surface area contributed by atoms with Gasteiger partial charge in [0.15, 0.2) is 9.84 Å². The van der Waals surface area contributed by atoms with Crippen molar-refractivity contribution in [2.75, 3.05) is 11.2 Å². The molecule has 0 unspecified atom stereocenters. The molecule has 0 aromatic heterocycles. The molecular weight excluding hydrogens is 636 g/mol. The van der Waals surface area contributed by atoms with Crippen molar-refractivity contribution in [1.82, 2.24) is 4.31 Å². The van der Waals surface area contributed by atoms with Gasteiger partial charge in [-0.05, 0) is 61.0 Å². The van der Waals surface area contributed by atoms with E-state index >= 15 is 0 Å². The summed E-state index contributed by atoms with van der Waals surface area (Å²) in [5.74, 6) is -1.00. The number of nitrogens with zero attached hydrogens (tertiary/aromatic N) is 4. The van der Waals surface area contributed by atoms with Crippen LogP contribution >= 0.6 is 11.6 Å². The molecule has 1 atom stereocenters. The van der Waals surface area contributed by atoms with Crippen molar-refractivity contribution in [1.29, 1.82) is 5.26 Å². The van der Waals surface area contributed by atoms with Crippen molar-refractivity contribution in [3.8, 4) is 6.07 Å². The van der Waals surface area contributed by atoms with Gasteiger partial charge in [0.1, 0.15) is 11.9 Å². The van der Waals surface area contributed by atoms with Crippen molar-refractivity contribution in [3.63, 3.8) is 0 Å². The Labute approximate surface area is 248 Å². The molecule has 0 fully saturated rings. The minimum atomic E-state index is -5.14. The van der Waals surface area contributed by atoms with E-state index in [4.69, 9.17) is 18.2 Å². The summed E-state index contributed by atoms with van der Waals surface area (Å²) in [7, 11) is -9.37. The van der Waals surface area contributed by atoms with E-state index in [0.29, 0.717) is 23.1 Å². The summed E-state index contributed by atoms with van der Waals surface area (Å²) in [6.07, 6.45) is -4.08. The first kappa shape index (κ1) is 31.5. The predicted octanol–water partition coefficient (Wildman–Crippen LogP) is 6.30. The molecule has 1 heterocycles. The maximum Gasteiger partial charge on any atom is 0.416 e. The number of carbonyl (C=O) groups is 1. The molecule has 9 nitrogen and oxygen atoms in total. The molecule has 3 aromatic rings. The minimum absolute atomic E-state index is 0.132. The van der Waals surface area contributed by atoms with Gasteiger partial charge in [-0.25, -0.2) is 35.2 Å². The minimum Gasteiger partial charge on any atom is -0.277 e. The fourth-order valence-corrected chi connectivity index (χ4v) is 7.17. The molecule has 0 radical (unpaired) electrons. The molecule has 0 saturated carbocycles. The fraction of sp³-hybridized carbons (Fsp3) is 0.148. The molecule has 16 heteroatoms. The van der Waals surface area contributed by atoms with Crippen LogP contribution in [-0.4, -0.2) is 33.4 Å². The van der Waals surface area contributed by atoms with Crippen molar-refractivity contribution in [2.45, 2.75) is 28.9 Å². The Bertz CT molecular complexity index is 2020. The van der Waals surface area contributed by atoms with E-state index in [2.05, 4.69) is 4.85 Å². The number of sulfonamides is 1. The molecule has 0 saturated heterocycles. The second-order valence-electron chi connectivity index (χ2n) is 9.16. The van der Waals surface area contributed by atoms with E-state index in [1.54, 1.807) is 6.07 Å². The van der Waals surface area contributed by atoms with Crippen LogP contribution in [0.4, 0.5) is 28.0 Å². The third kappa shape index (κ3) is 5.67. The Hall–Kier alpha value is -4.44. The van der Waals surface area contributed by atoms with E-state index in [9.17, 15) is 44.5 Å². The van der Waals surface area contributed by atoms with Gasteiger partial charge in [-0.15, -0.1) is 0 Å². The number of benzene rings is 3. The van der Waals surface area contributed by atoms with Crippen LogP contribution in [0.3, 0.4) is 0 Å². The average Bonchev–Trinajstić information content (AvgIpc) is 2.93. The summed E-state index contributed by atoms with van der Waals surface area (Å²) in [6.45, 7) is 9.07. The molecule has 2 amide bonds. The van der Waals surface area contributed by atoms with Crippen LogP contribution in [0.2, 0.25) is 5.02 Å². The van der Waals surface area contributed by atoms with E-state index in [1.807, 2.05) is 0 Å². The standard InChI is InChI=1S/C27H17ClF4N4O5S2/c1-15-24(34-2)25(20-9-7-16(14-33)11-23(20)42(3,38)39)36(43(40,41)19-8-10-22(29)21(28)13-19)26(37)35(15)18-6-4-5-17(12-18)27(30,31)32/h4-13,25H,1,3H3/t25-/m1/s1. The van der Waals surface area contributed by atoms with Crippen LogP contribution in [-0.2, 0) is 26.0 Å². The molecule has 0 bridgehead atoms. The second kappa shape index (κ2) is 11.0. The molecule has 222 valence electrons. The third-order valence-corrected chi connectivity index (χ3v) is 9.59. The van der Waals surface area contributed by atoms with Crippen molar-refractivity contribution in [2.24, 2.45) is 0 Å². The van der Waals surface area contributed by atoms with Gasteiger partial charge in [-0.2, -0.15) is 18.4 Å². The lowest BCUT2D eigenvalue weighted by Gasteiger charge is -2.41. The number of urea groups is 1. The van der Waals surface area contributed by atoms with E-state index in [0.717, 1.165) is 48.7 Å². The lowest BCUT2D eigenvalue weighted by molar-refractivity contribution is -0.137. The molecule has 0 aliphatic carbocycles. The summed E-state index contributed by atoms with van der Waals surface area (Å²) in [6, 6.07) is 6.96. The third-order valence-electron chi connectivity index (χ3n) is 6.42. The molecule has 43 heavy (non-hydrogen) atoms. The lowest BCUT2D eigenvalue weighted by atomic mass is 9.98. The SMILES string of the molecule is [C-]#[N+]C1=C(C)N(c2cccc(C(F)(F)F)c2)C(=O)N(S(=O)(=O)c2ccc(F)c(Cl)c2)[C@@H]1c1ccc(C#N)cc1S(C)(=O)=O. The highest BCUT2D eigenvalue weighted by molar-refractivity contribution is 7.91. The Morgan fingerprint density at radius 1 is 1.05 bits per heavy atom. The van der Waals surface area contributed by atoms with Crippen LogP contribution in [0.5, 0.6) is 0 Å². The Morgan fingerprint density at radius 3 is 2.28 bits per heavy atom. The number of anilines is 1. The summed E-state index contributed by atoms with van der Waals surface area (Å²) < 4.78 is 109. The fourth-order valence-electron chi connectivity index (χ4n) is 4.46. The maximum absolute atomic E-state index is 14.1. The molecule has 1 aliphatic rings. The summed E-state index contributed by atoms with van der Waals surface area (Å²) in [4.78, 5) is 16.8. The van der Waals surface area contributed by atoms with Crippen LogP contribution in [0.25, 0.3) is 4.85 Å². The molecular formula is C27H17ClF4N4O5S2.